The molecule has 0 saturated heterocycles. The summed E-state index contributed by atoms with van der Waals surface area (Å²) in [6.07, 6.45) is 0. The van der Waals surface area contributed by atoms with Crippen molar-refractivity contribution in [3.63, 3.8) is 0 Å². The second-order valence-corrected chi connectivity index (χ2v) is 6.22. The minimum atomic E-state index is -0.185. The van der Waals surface area contributed by atoms with Gasteiger partial charge in [0, 0.05) is 16.3 Å². The van der Waals surface area contributed by atoms with Gasteiger partial charge < -0.3 is 5.32 Å². The van der Waals surface area contributed by atoms with E-state index in [1.54, 1.807) is 17.8 Å². The highest BCUT2D eigenvalue weighted by Crippen LogP contribution is 2.31. The molecule has 2 rings (SSSR count). The summed E-state index contributed by atoms with van der Waals surface area (Å²) in [6.45, 7) is 5.05. The summed E-state index contributed by atoms with van der Waals surface area (Å²) in [5, 5.41) is 3.08. The molecule has 0 unspecified atom stereocenters. The van der Waals surface area contributed by atoms with Crippen molar-refractivity contribution in [1.29, 1.82) is 0 Å². The molecule has 20 heavy (non-hydrogen) atoms. The van der Waals surface area contributed by atoms with E-state index in [-0.39, 0.29) is 5.82 Å². The Morgan fingerprint density at radius 3 is 2.40 bits per heavy atom. The first-order valence-electron chi connectivity index (χ1n) is 6.81. The van der Waals surface area contributed by atoms with Crippen molar-refractivity contribution in [2.45, 2.75) is 36.1 Å². The molecule has 1 N–H and O–H groups in total. The van der Waals surface area contributed by atoms with Crippen molar-refractivity contribution < 1.29 is 4.39 Å². The quantitative estimate of drug-likeness (QED) is 0.847. The number of hydrogen-bond donors (Lipinski definition) is 1. The van der Waals surface area contributed by atoms with Crippen LogP contribution in [0.15, 0.2) is 52.3 Å². The predicted octanol–water partition coefficient (Wildman–Crippen LogP) is 4.82. The van der Waals surface area contributed by atoms with Gasteiger partial charge in [-0.05, 0) is 54.4 Å². The van der Waals surface area contributed by atoms with Crippen molar-refractivity contribution in [3.8, 4) is 0 Å². The molecule has 0 spiro atoms. The maximum absolute atomic E-state index is 13.3. The first kappa shape index (κ1) is 15.1. The average molecular weight is 289 g/mol. The van der Waals surface area contributed by atoms with Crippen LogP contribution in [-0.2, 0) is 6.54 Å². The Bertz CT molecular complexity index is 564. The number of hydrogen-bond acceptors (Lipinski definition) is 2. The van der Waals surface area contributed by atoms with E-state index in [1.807, 2.05) is 13.1 Å². The summed E-state index contributed by atoms with van der Waals surface area (Å²) < 4.78 is 13.3. The molecule has 2 aromatic carbocycles. The second-order valence-electron chi connectivity index (χ2n) is 5.11. The van der Waals surface area contributed by atoms with E-state index < -0.39 is 0 Å². The van der Waals surface area contributed by atoms with Crippen LogP contribution in [0.3, 0.4) is 0 Å². The van der Waals surface area contributed by atoms with Crippen LogP contribution in [0.2, 0.25) is 0 Å². The smallest absolute Gasteiger partial charge is 0.123 e. The third-order valence-corrected chi connectivity index (χ3v) is 4.29. The van der Waals surface area contributed by atoms with Crippen LogP contribution in [0, 0.1) is 5.82 Å². The Balaban J connectivity index is 2.20. The molecule has 1 nitrogen and oxygen atoms in total. The molecule has 0 aliphatic heterocycles. The van der Waals surface area contributed by atoms with Gasteiger partial charge in [0.05, 0.1) is 0 Å². The van der Waals surface area contributed by atoms with Crippen LogP contribution in [0.1, 0.15) is 30.9 Å². The van der Waals surface area contributed by atoms with E-state index in [0.29, 0.717) is 12.5 Å². The van der Waals surface area contributed by atoms with Gasteiger partial charge in [-0.1, -0.05) is 37.7 Å². The molecule has 0 heterocycles. The van der Waals surface area contributed by atoms with E-state index in [9.17, 15) is 4.39 Å². The fraction of sp³-hybridized carbons (Fsp3) is 0.294. The molecule has 106 valence electrons. The summed E-state index contributed by atoms with van der Waals surface area (Å²) in [7, 11) is 1.87. The first-order chi connectivity index (χ1) is 9.60. The normalized spacial score (nSPS) is 11.1. The van der Waals surface area contributed by atoms with Gasteiger partial charge in [-0.25, -0.2) is 4.39 Å². The van der Waals surface area contributed by atoms with Crippen LogP contribution in [-0.4, -0.2) is 7.05 Å². The van der Waals surface area contributed by atoms with Gasteiger partial charge in [0.15, 0.2) is 0 Å². The summed E-state index contributed by atoms with van der Waals surface area (Å²) in [5.74, 6) is 0.356. The lowest BCUT2D eigenvalue weighted by atomic mass is 10.0. The maximum atomic E-state index is 13.3. The lowest BCUT2D eigenvalue weighted by molar-refractivity contribution is 0.621. The third-order valence-electron chi connectivity index (χ3n) is 3.16. The minimum absolute atomic E-state index is 0.185. The number of rotatable bonds is 5. The Labute approximate surface area is 124 Å². The molecular formula is C17H20FNS. The van der Waals surface area contributed by atoms with E-state index >= 15 is 0 Å². The van der Waals surface area contributed by atoms with Gasteiger partial charge in [0.1, 0.15) is 5.82 Å². The summed E-state index contributed by atoms with van der Waals surface area (Å²) in [4.78, 5) is 2.27. The standard InChI is InChI=1S/C17H20FNS/c1-12(2)13-4-7-16(8-5-13)20-17-9-6-15(18)10-14(17)11-19-3/h4-10,12,19H,11H2,1-3H3. The number of halogens is 1. The monoisotopic (exact) mass is 289 g/mol. The van der Waals surface area contributed by atoms with Crippen molar-refractivity contribution >= 4 is 11.8 Å². The molecule has 0 atom stereocenters. The SMILES string of the molecule is CNCc1cc(F)ccc1Sc1ccc(C(C)C)cc1. The predicted molar refractivity (Wildman–Crippen MR) is 83.8 cm³/mol. The molecule has 0 radical (unpaired) electrons. The zero-order valence-corrected chi connectivity index (χ0v) is 12.9. The highest BCUT2D eigenvalue weighted by atomic mass is 32.2. The third kappa shape index (κ3) is 3.84. The maximum Gasteiger partial charge on any atom is 0.123 e. The first-order valence-corrected chi connectivity index (χ1v) is 7.62. The summed E-state index contributed by atoms with van der Waals surface area (Å²) in [6, 6.07) is 13.6. The van der Waals surface area contributed by atoms with Gasteiger partial charge in [-0.15, -0.1) is 0 Å². The molecule has 0 fully saturated rings. The van der Waals surface area contributed by atoms with E-state index in [2.05, 4.69) is 43.4 Å². The summed E-state index contributed by atoms with van der Waals surface area (Å²) in [5.41, 5.74) is 2.33. The van der Waals surface area contributed by atoms with Gasteiger partial charge in [-0.2, -0.15) is 0 Å². The average Bonchev–Trinajstić information content (AvgIpc) is 2.43. The second kappa shape index (κ2) is 6.91. The van der Waals surface area contributed by atoms with Crippen molar-refractivity contribution in [2.24, 2.45) is 0 Å². The number of nitrogens with one attached hydrogen (secondary N) is 1. The van der Waals surface area contributed by atoms with Gasteiger partial charge in [0.2, 0.25) is 0 Å². The highest BCUT2D eigenvalue weighted by molar-refractivity contribution is 7.99. The highest BCUT2D eigenvalue weighted by Gasteiger charge is 2.06. The molecule has 0 amide bonds. The zero-order chi connectivity index (χ0) is 14.5. The van der Waals surface area contributed by atoms with Crippen LogP contribution in [0.25, 0.3) is 0 Å². The Hall–Kier alpha value is -1.32. The van der Waals surface area contributed by atoms with Crippen LogP contribution < -0.4 is 5.32 Å². The van der Waals surface area contributed by atoms with Crippen LogP contribution in [0.5, 0.6) is 0 Å². The molecule has 2 aromatic rings. The zero-order valence-electron chi connectivity index (χ0n) is 12.1. The van der Waals surface area contributed by atoms with E-state index in [4.69, 9.17) is 0 Å². The van der Waals surface area contributed by atoms with Crippen molar-refractivity contribution in [1.82, 2.24) is 5.32 Å². The van der Waals surface area contributed by atoms with E-state index in [1.165, 1.54) is 16.5 Å². The van der Waals surface area contributed by atoms with E-state index in [0.717, 1.165) is 10.5 Å². The molecular weight excluding hydrogens is 269 g/mol. The van der Waals surface area contributed by atoms with Gasteiger partial charge >= 0.3 is 0 Å². The lowest BCUT2D eigenvalue weighted by Crippen LogP contribution is -2.06. The fourth-order valence-electron chi connectivity index (χ4n) is 2.02. The molecule has 0 aliphatic carbocycles. The van der Waals surface area contributed by atoms with Crippen molar-refractivity contribution in [2.75, 3.05) is 7.05 Å². The van der Waals surface area contributed by atoms with Gasteiger partial charge in [0.25, 0.3) is 0 Å². The topological polar surface area (TPSA) is 12.0 Å². The summed E-state index contributed by atoms with van der Waals surface area (Å²) >= 11 is 1.68. The minimum Gasteiger partial charge on any atom is -0.316 e. The Morgan fingerprint density at radius 2 is 1.80 bits per heavy atom. The molecule has 0 aliphatic rings. The van der Waals surface area contributed by atoms with Crippen LogP contribution >= 0.6 is 11.8 Å². The molecule has 0 saturated carbocycles. The molecule has 0 bridgehead atoms. The largest absolute Gasteiger partial charge is 0.316 e. The molecule has 0 aromatic heterocycles. The Kier molecular flexibility index (Phi) is 5.21. The van der Waals surface area contributed by atoms with Crippen LogP contribution in [0.4, 0.5) is 4.39 Å². The lowest BCUT2D eigenvalue weighted by Gasteiger charge is -2.10. The Morgan fingerprint density at radius 1 is 1.10 bits per heavy atom. The number of benzene rings is 2. The van der Waals surface area contributed by atoms with Crippen molar-refractivity contribution in [3.05, 3.63) is 59.4 Å². The molecule has 3 heteroatoms. The fourth-order valence-corrected chi connectivity index (χ4v) is 2.95. The van der Waals surface area contributed by atoms with Gasteiger partial charge in [-0.3, -0.25) is 0 Å².